The monoisotopic (exact) mass is 481 g/mol. The van der Waals surface area contributed by atoms with Crippen molar-refractivity contribution in [3.63, 3.8) is 0 Å². The first-order chi connectivity index (χ1) is 13.1. The smallest absolute Gasteiger partial charge is 0.372 e. The van der Waals surface area contributed by atoms with Crippen molar-refractivity contribution in [2.75, 3.05) is 12.4 Å². The minimum atomic E-state index is -5.37. The van der Waals surface area contributed by atoms with Crippen molar-refractivity contribution in [1.29, 1.82) is 5.26 Å². The average molecular weight is 482 g/mol. The summed E-state index contributed by atoms with van der Waals surface area (Å²) >= 11 is 11.7. The molecule has 0 atom stereocenters. The number of hydrogen-bond acceptors (Lipinski definition) is 5. The lowest BCUT2D eigenvalue weighted by atomic mass is 10.2. The molecule has 158 valence electrons. The normalized spacial score (nSPS) is 12.7. The zero-order valence-corrected chi connectivity index (χ0v) is 16.1. The van der Waals surface area contributed by atoms with E-state index in [1.165, 1.54) is 6.07 Å². The summed E-state index contributed by atoms with van der Waals surface area (Å²) in [5.74, 6) is -0.693. The van der Waals surface area contributed by atoms with Gasteiger partial charge >= 0.3 is 12.5 Å². The lowest BCUT2D eigenvalue weighted by Crippen LogP contribution is -2.37. The largest absolute Gasteiger partial charge is 0.470 e. The molecule has 16 heteroatoms. The van der Waals surface area contributed by atoms with Crippen molar-refractivity contribution in [2.45, 2.75) is 17.4 Å². The average Bonchev–Trinajstić information content (AvgIpc) is 2.90. The van der Waals surface area contributed by atoms with Crippen molar-refractivity contribution >= 4 is 39.0 Å². The van der Waals surface area contributed by atoms with Gasteiger partial charge in [-0.05, 0) is 12.1 Å². The van der Waals surface area contributed by atoms with Crippen molar-refractivity contribution in [3.8, 4) is 11.8 Å². The Morgan fingerprint density at radius 2 is 1.66 bits per heavy atom. The van der Waals surface area contributed by atoms with Crippen molar-refractivity contribution < 1.29 is 34.8 Å². The van der Waals surface area contributed by atoms with Crippen LogP contribution in [0, 0.1) is 11.3 Å². The molecule has 0 spiro atoms. The van der Waals surface area contributed by atoms with Crippen molar-refractivity contribution in [1.82, 2.24) is 14.5 Å². The molecule has 0 bridgehead atoms. The quantitative estimate of drug-likeness (QED) is 0.509. The Labute approximate surface area is 168 Å². The Bertz CT molecular complexity index is 1080. The summed E-state index contributed by atoms with van der Waals surface area (Å²) in [5, 5.41) is 13.6. The van der Waals surface area contributed by atoms with Gasteiger partial charge in [0.25, 0.3) is 10.0 Å². The molecule has 0 radical (unpaired) electrons. The molecule has 1 aromatic carbocycles. The van der Waals surface area contributed by atoms with Gasteiger partial charge in [-0.15, -0.1) is 4.72 Å². The van der Waals surface area contributed by atoms with Crippen molar-refractivity contribution in [2.24, 2.45) is 0 Å². The standard InChI is InChI=1S/C13H7Cl2F6N5O2S/c1-23-11-10(29(27,28)25-13(19,20)21)8(4-22)24-26(11)9-6(14)2-5(3-7(9)15)12(16,17)18/h2-3,23,25H,1H3. The van der Waals surface area contributed by atoms with Crippen LogP contribution in [0.5, 0.6) is 0 Å². The maximum Gasteiger partial charge on any atom is 0.470 e. The van der Waals surface area contributed by atoms with E-state index in [0.717, 1.165) is 7.05 Å². The number of sulfonamides is 1. The third kappa shape index (κ3) is 4.69. The summed E-state index contributed by atoms with van der Waals surface area (Å²) in [6.07, 6.45) is -10.2. The van der Waals surface area contributed by atoms with E-state index in [1.54, 1.807) is 0 Å². The molecule has 0 aliphatic rings. The first-order valence-electron chi connectivity index (χ1n) is 7.00. The van der Waals surface area contributed by atoms with Gasteiger partial charge in [0.1, 0.15) is 11.8 Å². The van der Waals surface area contributed by atoms with Gasteiger partial charge in [0.05, 0.1) is 15.6 Å². The van der Waals surface area contributed by atoms with E-state index in [4.69, 9.17) is 28.5 Å². The van der Waals surface area contributed by atoms with Gasteiger partial charge in [-0.2, -0.15) is 36.7 Å². The fraction of sp³-hybridized carbons (Fsp3) is 0.231. The van der Waals surface area contributed by atoms with E-state index < -0.39 is 60.2 Å². The third-order valence-corrected chi connectivity index (χ3v) is 5.26. The highest BCUT2D eigenvalue weighted by Crippen LogP contribution is 2.39. The van der Waals surface area contributed by atoms with Crippen LogP contribution in [0.25, 0.3) is 5.69 Å². The van der Waals surface area contributed by atoms with E-state index in [2.05, 4.69) is 10.4 Å². The predicted molar refractivity (Wildman–Crippen MR) is 89.2 cm³/mol. The van der Waals surface area contributed by atoms with Crippen LogP contribution in [0.15, 0.2) is 17.0 Å². The fourth-order valence-electron chi connectivity index (χ4n) is 2.25. The van der Waals surface area contributed by atoms with Gasteiger partial charge < -0.3 is 5.32 Å². The summed E-state index contributed by atoms with van der Waals surface area (Å²) in [6.45, 7) is 0. The van der Waals surface area contributed by atoms with Gasteiger partial charge in [-0.1, -0.05) is 23.2 Å². The number of halogens is 8. The van der Waals surface area contributed by atoms with Crippen LogP contribution in [0.2, 0.25) is 10.0 Å². The lowest BCUT2D eigenvalue weighted by molar-refractivity contribution is -0.138. The van der Waals surface area contributed by atoms with Crippen LogP contribution in [-0.4, -0.2) is 31.5 Å². The van der Waals surface area contributed by atoms with Crippen LogP contribution >= 0.6 is 23.2 Å². The highest BCUT2D eigenvalue weighted by Gasteiger charge is 2.40. The first kappa shape index (κ1) is 23.1. The van der Waals surface area contributed by atoms with E-state index in [9.17, 15) is 34.8 Å². The number of rotatable bonds is 4. The van der Waals surface area contributed by atoms with E-state index in [0.29, 0.717) is 21.5 Å². The molecule has 0 saturated carbocycles. The summed E-state index contributed by atoms with van der Waals surface area (Å²) in [7, 11) is -4.28. The number of hydrogen-bond donors (Lipinski definition) is 2. The second-order valence-electron chi connectivity index (χ2n) is 5.19. The molecule has 2 rings (SSSR count). The first-order valence-corrected chi connectivity index (χ1v) is 9.24. The molecule has 0 fully saturated rings. The molecule has 29 heavy (non-hydrogen) atoms. The molecular weight excluding hydrogens is 475 g/mol. The SMILES string of the molecule is CNc1c(S(=O)(=O)NC(F)(F)F)c(C#N)nn1-c1c(Cl)cc(C(F)(F)F)cc1Cl. The molecule has 1 aromatic heterocycles. The molecule has 7 nitrogen and oxygen atoms in total. The third-order valence-electron chi connectivity index (χ3n) is 3.26. The van der Waals surface area contributed by atoms with Crippen LogP contribution in [0.3, 0.4) is 0 Å². The maximum atomic E-state index is 12.9. The van der Waals surface area contributed by atoms with Gasteiger partial charge in [0, 0.05) is 7.05 Å². The summed E-state index contributed by atoms with van der Waals surface area (Å²) < 4.78 is 101. The molecule has 0 amide bonds. The van der Waals surface area contributed by atoms with Gasteiger partial charge in [0.15, 0.2) is 16.4 Å². The highest BCUT2D eigenvalue weighted by molar-refractivity contribution is 7.89. The topological polar surface area (TPSA) is 99.8 Å². The zero-order chi connectivity index (χ0) is 22.4. The molecule has 2 aromatic rings. The Morgan fingerprint density at radius 3 is 2.03 bits per heavy atom. The van der Waals surface area contributed by atoms with Gasteiger partial charge in [-0.3, -0.25) is 0 Å². The number of nitriles is 1. The number of anilines is 1. The Kier molecular flexibility index (Phi) is 6.01. The Morgan fingerprint density at radius 1 is 1.14 bits per heavy atom. The molecule has 0 unspecified atom stereocenters. The van der Waals surface area contributed by atoms with Crippen LogP contribution in [0.4, 0.5) is 32.2 Å². The second kappa shape index (κ2) is 7.56. The zero-order valence-electron chi connectivity index (χ0n) is 13.7. The van der Waals surface area contributed by atoms with E-state index in [1.807, 2.05) is 0 Å². The minimum absolute atomic E-state index is 0.397. The summed E-state index contributed by atoms with van der Waals surface area (Å²) in [4.78, 5) is -1.20. The molecule has 0 saturated heterocycles. The molecule has 0 aliphatic carbocycles. The molecule has 1 heterocycles. The Hall–Kier alpha value is -2.21. The number of benzene rings is 1. The van der Waals surface area contributed by atoms with Gasteiger partial charge in [0.2, 0.25) is 0 Å². The van der Waals surface area contributed by atoms with Crippen molar-refractivity contribution in [3.05, 3.63) is 33.4 Å². The Balaban J connectivity index is 2.82. The number of nitrogens with zero attached hydrogens (tertiary/aromatic N) is 3. The molecular formula is C13H7Cl2F6N5O2S. The van der Waals surface area contributed by atoms with Crippen LogP contribution in [-0.2, 0) is 16.2 Å². The number of aromatic nitrogens is 2. The number of alkyl halides is 6. The number of nitrogens with one attached hydrogen (secondary N) is 2. The van der Waals surface area contributed by atoms with E-state index in [-0.39, 0.29) is 0 Å². The van der Waals surface area contributed by atoms with Crippen LogP contribution in [0.1, 0.15) is 11.3 Å². The van der Waals surface area contributed by atoms with E-state index >= 15 is 0 Å². The maximum absolute atomic E-state index is 12.9. The fourth-order valence-corrected chi connectivity index (χ4v) is 4.09. The lowest BCUT2D eigenvalue weighted by Gasteiger charge is -2.15. The summed E-state index contributed by atoms with van der Waals surface area (Å²) in [5.41, 5.74) is -2.71. The molecule has 0 aliphatic heterocycles. The predicted octanol–water partition coefficient (Wildman–Crippen LogP) is 3.91. The highest BCUT2D eigenvalue weighted by atomic mass is 35.5. The summed E-state index contributed by atoms with van der Waals surface area (Å²) in [6, 6.07) is 2.22. The molecule has 2 N–H and O–H groups in total. The second-order valence-corrected chi connectivity index (χ2v) is 7.62. The van der Waals surface area contributed by atoms with Gasteiger partial charge in [-0.25, -0.2) is 13.1 Å². The van der Waals surface area contributed by atoms with Crippen LogP contribution < -0.4 is 10.0 Å². The minimum Gasteiger partial charge on any atom is -0.372 e.